The van der Waals surface area contributed by atoms with Gasteiger partial charge in [0, 0.05) is 6.42 Å². The molecule has 0 fully saturated rings. The Kier molecular flexibility index (Phi) is 8.03. The van der Waals surface area contributed by atoms with Crippen molar-refractivity contribution in [1.82, 2.24) is 0 Å². The van der Waals surface area contributed by atoms with E-state index in [2.05, 4.69) is 4.74 Å². The molecule has 20 heavy (non-hydrogen) atoms. The van der Waals surface area contributed by atoms with E-state index in [4.69, 9.17) is 5.11 Å². The number of halogens is 3. The minimum Gasteiger partial charge on any atom is -0.481 e. The van der Waals surface area contributed by atoms with Crippen LogP contribution in [0.2, 0.25) is 0 Å². The van der Waals surface area contributed by atoms with Crippen LogP contribution in [-0.2, 0) is 20.7 Å². The number of ether oxygens (including phenoxy) is 1. The van der Waals surface area contributed by atoms with Gasteiger partial charge in [-0.05, 0) is 18.9 Å². The predicted molar refractivity (Wildman–Crippen MR) is 65.1 cm³/mol. The van der Waals surface area contributed by atoms with E-state index in [0.29, 0.717) is 6.42 Å². The summed E-state index contributed by atoms with van der Waals surface area (Å²) in [5, 5.41) is 8.37. The SMILES string of the molecule is CCOC(=O)C(F)(F)F.O=C(O)CCc1ccccc1. The lowest BCUT2D eigenvalue weighted by Crippen LogP contribution is -2.25. The van der Waals surface area contributed by atoms with E-state index in [1.165, 1.54) is 6.92 Å². The molecule has 0 aliphatic carbocycles. The highest BCUT2D eigenvalue weighted by molar-refractivity contribution is 5.75. The minimum absolute atomic E-state index is 0.212. The number of hydrogen-bond acceptors (Lipinski definition) is 3. The lowest BCUT2D eigenvalue weighted by Gasteiger charge is -2.02. The average molecular weight is 292 g/mol. The van der Waals surface area contributed by atoms with Gasteiger partial charge in [0.1, 0.15) is 0 Å². The molecule has 1 aromatic carbocycles. The van der Waals surface area contributed by atoms with Crippen LogP contribution >= 0.6 is 0 Å². The number of rotatable bonds is 4. The molecule has 0 radical (unpaired) electrons. The first-order valence-electron chi connectivity index (χ1n) is 5.77. The molecule has 1 rings (SSSR count). The number of aryl methyl sites for hydroxylation is 1. The molecule has 1 N–H and O–H groups in total. The molecular formula is C13H15F3O4. The van der Waals surface area contributed by atoms with E-state index in [9.17, 15) is 22.8 Å². The van der Waals surface area contributed by atoms with Gasteiger partial charge in [0.05, 0.1) is 6.61 Å². The van der Waals surface area contributed by atoms with Crippen LogP contribution in [-0.4, -0.2) is 29.8 Å². The molecule has 112 valence electrons. The van der Waals surface area contributed by atoms with Crippen LogP contribution < -0.4 is 0 Å². The van der Waals surface area contributed by atoms with E-state index in [1.54, 1.807) is 0 Å². The number of carbonyl (C=O) groups is 2. The smallest absolute Gasteiger partial charge is 0.481 e. The summed E-state index contributed by atoms with van der Waals surface area (Å²) in [7, 11) is 0. The van der Waals surface area contributed by atoms with Crippen molar-refractivity contribution in [3.8, 4) is 0 Å². The Morgan fingerprint density at radius 1 is 1.20 bits per heavy atom. The number of carboxylic acid groups (broad SMARTS) is 1. The number of hydrogen-bond donors (Lipinski definition) is 1. The zero-order chi connectivity index (χ0) is 15.6. The van der Waals surface area contributed by atoms with E-state index in [1.807, 2.05) is 30.3 Å². The van der Waals surface area contributed by atoms with Crippen molar-refractivity contribution in [2.45, 2.75) is 25.9 Å². The van der Waals surface area contributed by atoms with Gasteiger partial charge >= 0.3 is 18.1 Å². The molecule has 7 heteroatoms. The topological polar surface area (TPSA) is 63.6 Å². The number of alkyl halides is 3. The molecule has 0 saturated carbocycles. The van der Waals surface area contributed by atoms with Gasteiger partial charge in [0.25, 0.3) is 0 Å². The second-order valence-electron chi connectivity index (χ2n) is 3.60. The molecule has 1 aromatic rings. The Morgan fingerprint density at radius 2 is 1.75 bits per heavy atom. The van der Waals surface area contributed by atoms with Crippen molar-refractivity contribution < 1.29 is 32.6 Å². The second-order valence-corrected chi connectivity index (χ2v) is 3.60. The van der Waals surface area contributed by atoms with Crippen LogP contribution in [0.15, 0.2) is 30.3 Å². The third kappa shape index (κ3) is 8.96. The zero-order valence-corrected chi connectivity index (χ0v) is 10.8. The molecule has 0 bridgehead atoms. The fourth-order valence-corrected chi connectivity index (χ4v) is 1.11. The Bertz CT molecular complexity index is 415. The van der Waals surface area contributed by atoms with Gasteiger partial charge in [-0.15, -0.1) is 0 Å². The van der Waals surface area contributed by atoms with Crippen molar-refractivity contribution in [1.29, 1.82) is 0 Å². The normalized spacial score (nSPS) is 10.2. The molecule has 0 spiro atoms. The van der Waals surface area contributed by atoms with Crippen molar-refractivity contribution in [2.75, 3.05) is 6.61 Å². The van der Waals surface area contributed by atoms with Crippen molar-refractivity contribution in [3.05, 3.63) is 35.9 Å². The maximum atomic E-state index is 11.2. The van der Waals surface area contributed by atoms with Gasteiger partial charge < -0.3 is 9.84 Å². The summed E-state index contributed by atoms with van der Waals surface area (Å²) >= 11 is 0. The van der Waals surface area contributed by atoms with Crippen LogP contribution in [0, 0.1) is 0 Å². The predicted octanol–water partition coefficient (Wildman–Crippen LogP) is 2.82. The molecule has 0 amide bonds. The Labute approximate surface area is 114 Å². The van der Waals surface area contributed by atoms with Crippen molar-refractivity contribution in [2.24, 2.45) is 0 Å². The molecule has 4 nitrogen and oxygen atoms in total. The quantitative estimate of drug-likeness (QED) is 0.867. The first-order chi connectivity index (χ1) is 9.27. The van der Waals surface area contributed by atoms with Crippen molar-refractivity contribution >= 4 is 11.9 Å². The molecule has 0 aromatic heterocycles. The van der Waals surface area contributed by atoms with Crippen LogP contribution in [0.25, 0.3) is 0 Å². The van der Waals surface area contributed by atoms with Gasteiger partial charge in [0.2, 0.25) is 0 Å². The summed E-state index contributed by atoms with van der Waals surface area (Å²) in [5.41, 5.74) is 1.08. The maximum Gasteiger partial charge on any atom is 0.490 e. The highest BCUT2D eigenvalue weighted by Gasteiger charge is 2.40. The number of carboxylic acids is 1. The molecule has 0 atom stereocenters. The lowest BCUT2D eigenvalue weighted by atomic mass is 10.1. The summed E-state index contributed by atoms with van der Waals surface area (Å²) < 4.78 is 37.1. The molecular weight excluding hydrogens is 277 g/mol. The number of aliphatic carboxylic acids is 1. The standard InChI is InChI=1S/C9H10O2.C4H5F3O2/c10-9(11)7-6-8-4-2-1-3-5-8;1-2-9-3(8)4(5,6)7/h1-5H,6-7H2,(H,10,11);2H2,1H3. The molecule has 0 aliphatic rings. The fourth-order valence-electron chi connectivity index (χ4n) is 1.11. The zero-order valence-electron chi connectivity index (χ0n) is 10.8. The summed E-state index contributed by atoms with van der Waals surface area (Å²) in [6.45, 7) is 1.06. The summed E-state index contributed by atoms with van der Waals surface area (Å²) in [6.07, 6.45) is -4.02. The number of benzene rings is 1. The molecule has 0 aliphatic heterocycles. The summed E-state index contributed by atoms with van der Waals surface area (Å²) in [5.74, 6) is -2.88. The summed E-state index contributed by atoms with van der Waals surface area (Å²) in [6, 6.07) is 9.62. The second kappa shape index (κ2) is 8.95. The van der Waals surface area contributed by atoms with Crippen LogP contribution in [0.3, 0.4) is 0 Å². The van der Waals surface area contributed by atoms with Gasteiger partial charge in [-0.3, -0.25) is 4.79 Å². The average Bonchev–Trinajstić information content (AvgIpc) is 2.37. The maximum absolute atomic E-state index is 11.2. The largest absolute Gasteiger partial charge is 0.490 e. The van der Waals surface area contributed by atoms with E-state index < -0.39 is 18.1 Å². The van der Waals surface area contributed by atoms with Gasteiger partial charge in [-0.25, -0.2) is 4.79 Å². The fraction of sp³-hybridized carbons (Fsp3) is 0.385. The van der Waals surface area contributed by atoms with Gasteiger partial charge in [-0.2, -0.15) is 13.2 Å². The Morgan fingerprint density at radius 3 is 2.10 bits per heavy atom. The van der Waals surface area contributed by atoms with Crippen LogP contribution in [0.4, 0.5) is 13.2 Å². The minimum atomic E-state index is -4.85. The van der Waals surface area contributed by atoms with E-state index in [-0.39, 0.29) is 13.0 Å². The van der Waals surface area contributed by atoms with Crippen molar-refractivity contribution in [3.63, 3.8) is 0 Å². The molecule has 0 unspecified atom stereocenters. The monoisotopic (exact) mass is 292 g/mol. The van der Waals surface area contributed by atoms with Crippen LogP contribution in [0.5, 0.6) is 0 Å². The third-order valence-electron chi connectivity index (χ3n) is 1.98. The first-order valence-corrected chi connectivity index (χ1v) is 5.77. The van der Waals surface area contributed by atoms with E-state index >= 15 is 0 Å². The third-order valence-corrected chi connectivity index (χ3v) is 1.98. The lowest BCUT2D eigenvalue weighted by molar-refractivity contribution is -0.199. The number of esters is 1. The Hall–Kier alpha value is -2.05. The van der Waals surface area contributed by atoms with Gasteiger partial charge in [0.15, 0.2) is 0 Å². The Balaban J connectivity index is 0.000000370. The summed E-state index contributed by atoms with van der Waals surface area (Å²) in [4.78, 5) is 19.9. The van der Waals surface area contributed by atoms with E-state index in [0.717, 1.165) is 5.56 Å². The highest BCUT2D eigenvalue weighted by atomic mass is 19.4. The molecule has 0 heterocycles. The van der Waals surface area contributed by atoms with Crippen LogP contribution in [0.1, 0.15) is 18.9 Å². The van der Waals surface area contributed by atoms with Gasteiger partial charge in [-0.1, -0.05) is 30.3 Å². The molecule has 0 saturated heterocycles. The number of carbonyl (C=O) groups excluding carboxylic acids is 1. The highest BCUT2D eigenvalue weighted by Crippen LogP contribution is 2.15. The first kappa shape index (κ1) is 17.9.